The number of thioether (sulfide) groups is 1. The smallest absolute Gasteiger partial charge is 0.314 e. The molecule has 0 aliphatic carbocycles. The molecule has 0 bridgehead atoms. The molecule has 106 valence electrons. The van der Waals surface area contributed by atoms with Crippen LogP contribution in [0.1, 0.15) is 46.1 Å². The minimum Gasteiger partial charge on any atom is -0.314 e. The summed E-state index contributed by atoms with van der Waals surface area (Å²) in [5.41, 5.74) is 4.84. The van der Waals surface area contributed by atoms with Gasteiger partial charge in [-0.2, -0.15) is 5.26 Å². The Hall–Kier alpha value is -1.26. The van der Waals surface area contributed by atoms with E-state index in [1.165, 1.54) is 0 Å². The van der Waals surface area contributed by atoms with Crippen molar-refractivity contribution in [3.63, 3.8) is 0 Å². The summed E-state index contributed by atoms with van der Waals surface area (Å²) in [6.07, 6.45) is 2.52. The van der Waals surface area contributed by atoms with Crippen LogP contribution in [-0.2, 0) is 0 Å². The van der Waals surface area contributed by atoms with E-state index in [0.29, 0.717) is 6.42 Å². The van der Waals surface area contributed by atoms with Gasteiger partial charge in [-0.3, -0.25) is 4.57 Å². The zero-order valence-corrected chi connectivity index (χ0v) is 12.5. The van der Waals surface area contributed by atoms with Crippen LogP contribution in [0.5, 0.6) is 0 Å². The highest BCUT2D eigenvalue weighted by Gasteiger charge is 2.16. The van der Waals surface area contributed by atoms with Gasteiger partial charge in [-0.25, -0.2) is 9.89 Å². The largest absolute Gasteiger partial charge is 0.344 e. The van der Waals surface area contributed by atoms with Crippen LogP contribution in [0, 0.1) is 11.3 Å². The SMILES string of the molecule is CC(C)n1c(SCCCCC(C)(N)C#N)n[nH]c1=O. The lowest BCUT2D eigenvalue weighted by atomic mass is 9.99. The number of aromatic nitrogens is 3. The molecule has 3 N–H and O–H groups in total. The summed E-state index contributed by atoms with van der Waals surface area (Å²) in [5, 5.41) is 16.0. The summed E-state index contributed by atoms with van der Waals surface area (Å²) < 4.78 is 1.65. The maximum atomic E-state index is 11.5. The van der Waals surface area contributed by atoms with Crippen LogP contribution < -0.4 is 11.4 Å². The molecule has 1 rings (SSSR count). The normalized spacial score (nSPS) is 14.3. The van der Waals surface area contributed by atoms with Gasteiger partial charge in [-0.15, -0.1) is 5.10 Å². The van der Waals surface area contributed by atoms with E-state index in [1.54, 1.807) is 23.3 Å². The van der Waals surface area contributed by atoms with Crippen molar-refractivity contribution < 1.29 is 0 Å². The van der Waals surface area contributed by atoms with Crippen molar-refractivity contribution in [3.05, 3.63) is 10.5 Å². The standard InChI is InChI=1S/C12H21N5OS/c1-9(2)17-10(18)15-16-11(17)19-7-5-4-6-12(3,14)8-13/h9H,4-7,14H2,1-3H3,(H,15,18). The van der Waals surface area contributed by atoms with Crippen LogP contribution in [-0.4, -0.2) is 26.1 Å². The topological polar surface area (TPSA) is 100 Å². The lowest BCUT2D eigenvalue weighted by Crippen LogP contribution is -2.33. The predicted octanol–water partition coefficient (Wildman–Crippen LogP) is 1.66. The maximum absolute atomic E-state index is 11.5. The van der Waals surface area contributed by atoms with Gasteiger partial charge in [0.15, 0.2) is 5.16 Å². The summed E-state index contributed by atoms with van der Waals surface area (Å²) >= 11 is 1.55. The second-order valence-electron chi connectivity index (χ2n) is 5.11. The third-order valence-corrected chi connectivity index (χ3v) is 3.80. The third kappa shape index (κ3) is 4.73. The van der Waals surface area contributed by atoms with E-state index in [2.05, 4.69) is 16.3 Å². The van der Waals surface area contributed by atoms with Gasteiger partial charge >= 0.3 is 5.69 Å². The first-order valence-corrected chi connectivity index (χ1v) is 7.36. The average Bonchev–Trinajstić information content (AvgIpc) is 2.70. The number of hydrogen-bond acceptors (Lipinski definition) is 5. The highest BCUT2D eigenvalue weighted by Crippen LogP contribution is 2.19. The van der Waals surface area contributed by atoms with E-state index in [0.717, 1.165) is 23.8 Å². The monoisotopic (exact) mass is 283 g/mol. The Labute approximate surface area is 117 Å². The fourth-order valence-electron chi connectivity index (χ4n) is 1.66. The van der Waals surface area contributed by atoms with Crippen LogP contribution in [0.25, 0.3) is 0 Å². The summed E-state index contributed by atoms with van der Waals surface area (Å²) in [4.78, 5) is 11.5. The van der Waals surface area contributed by atoms with Crippen molar-refractivity contribution in [3.8, 4) is 6.07 Å². The first-order chi connectivity index (χ1) is 8.87. The molecule has 6 nitrogen and oxygen atoms in total. The minimum absolute atomic E-state index is 0.0969. The maximum Gasteiger partial charge on any atom is 0.344 e. The number of nitrogens with one attached hydrogen (secondary N) is 1. The van der Waals surface area contributed by atoms with Gasteiger partial charge in [0, 0.05) is 11.8 Å². The number of nitriles is 1. The zero-order chi connectivity index (χ0) is 14.5. The molecule has 0 fully saturated rings. The molecule has 0 amide bonds. The van der Waals surface area contributed by atoms with Crippen molar-refractivity contribution in [1.29, 1.82) is 5.26 Å². The predicted molar refractivity (Wildman–Crippen MR) is 76.0 cm³/mol. The van der Waals surface area contributed by atoms with Gasteiger partial charge in [-0.05, 0) is 40.0 Å². The Bertz CT molecular complexity index is 497. The van der Waals surface area contributed by atoms with E-state index in [9.17, 15) is 4.79 Å². The van der Waals surface area contributed by atoms with Crippen LogP contribution in [0.4, 0.5) is 0 Å². The molecule has 0 saturated carbocycles. The van der Waals surface area contributed by atoms with Crippen LogP contribution in [0.3, 0.4) is 0 Å². The molecule has 0 spiro atoms. The van der Waals surface area contributed by atoms with Crippen LogP contribution in [0.2, 0.25) is 0 Å². The Kier molecular flexibility index (Phi) is 5.63. The Morgan fingerprint density at radius 2 is 2.26 bits per heavy atom. The fraction of sp³-hybridized carbons (Fsp3) is 0.750. The van der Waals surface area contributed by atoms with Gasteiger partial charge in [0.1, 0.15) is 5.54 Å². The van der Waals surface area contributed by atoms with E-state index >= 15 is 0 Å². The van der Waals surface area contributed by atoms with E-state index in [1.807, 2.05) is 13.8 Å². The van der Waals surface area contributed by atoms with Crippen molar-refractivity contribution in [1.82, 2.24) is 14.8 Å². The third-order valence-electron chi connectivity index (χ3n) is 2.77. The lowest BCUT2D eigenvalue weighted by Gasteiger charge is -2.14. The molecule has 7 heteroatoms. The van der Waals surface area contributed by atoms with Gasteiger partial charge in [0.05, 0.1) is 6.07 Å². The van der Waals surface area contributed by atoms with Crippen LogP contribution in [0.15, 0.2) is 9.95 Å². The van der Waals surface area contributed by atoms with E-state index in [4.69, 9.17) is 11.0 Å². The average molecular weight is 283 g/mol. The Morgan fingerprint density at radius 3 is 2.84 bits per heavy atom. The number of nitrogens with two attached hydrogens (primary N) is 1. The molecule has 1 aromatic heterocycles. The fourth-order valence-corrected chi connectivity index (χ4v) is 2.74. The molecule has 1 heterocycles. The van der Waals surface area contributed by atoms with Gasteiger partial charge < -0.3 is 5.73 Å². The quantitative estimate of drug-likeness (QED) is 0.585. The van der Waals surface area contributed by atoms with E-state index in [-0.39, 0.29) is 11.7 Å². The molecule has 0 aliphatic heterocycles. The number of aromatic amines is 1. The molecule has 0 saturated heterocycles. The molecule has 0 aromatic carbocycles. The molecule has 1 atom stereocenters. The Balaban J connectivity index is 2.39. The number of hydrogen-bond donors (Lipinski definition) is 2. The first-order valence-electron chi connectivity index (χ1n) is 6.37. The molecular formula is C12H21N5OS. The molecule has 1 aromatic rings. The van der Waals surface area contributed by atoms with Crippen molar-refractivity contribution >= 4 is 11.8 Å². The number of nitrogens with zero attached hydrogens (tertiary/aromatic N) is 3. The molecular weight excluding hydrogens is 262 g/mol. The summed E-state index contributed by atoms with van der Waals surface area (Å²) in [6.45, 7) is 5.64. The molecule has 0 aliphatic rings. The lowest BCUT2D eigenvalue weighted by molar-refractivity contribution is 0.517. The molecule has 0 radical (unpaired) electrons. The van der Waals surface area contributed by atoms with Crippen molar-refractivity contribution in [2.45, 2.75) is 56.8 Å². The van der Waals surface area contributed by atoms with Gasteiger partial charge in [0.25, 0.3) is 0 Å². The molecule has 19 heavy (non-hydrogen) atoms. The summed E-state index contributed by atoms with van der Waals surface area (Å²) in [5.74, 6) is 0.860. The first kappa shape index (κ1) is 15.8. The highest BCUT2D eigenvalue weighted by molar-refractivity contribution is 7.99. The van der Waals surface area contributed by atoms with Crippen molar-refractivity contribution in [2.75, 3.05) is 5.75 Å². The van der Waals surface area contributed by atoms with E-state index < -0.39 is 5.54 Å². The summed E-state index contributed by atoms with van der Waals surface area (Å²) in [7, 11) is 0. The minimum atomic E-state index is -0.739. The second kappa shape index (κ2) is 6.78. The zero-order valence-electron chi connectivity index (χ0n) is 11.6. The second-order valence-corrected chi connectivity index (χ2v) is 6.17. The summed E-state index contributed by atoms with van der Waals surface area (Å²) in [6, 6.07) is 2.18. The number of unbranched alkanes of at least 4 members (excludes halogenated alkanes) is 1. The van der Waals surface area contributed by atoms with Crippen LogP contribution >= 0.6 is 11.8 Å². The van der Waals surface area contributed by atoms with Gasteiger partial charge in [-0.1, -0.05) is 11.8 Å². The number of rotatable bonds is 7. The highest BCUT2D eigenvalue weighted by atomic mass is 32.2. The van der Waals surface area contributed by atoms with Crippen molar-refractivity contribution in [2.24, 2.45) is 5.73 Å². The van der Waals surface area contributed by atoms with Gasteiger partial charge in [0.2, 0.25) is 0 Å². The molecule has 1 unspecified atom stereocenters. The Morgan fingerprint density at radius 1 is 1.58 bits per heavy atom. The number of H-pyrrole nitrogens is 1.